The van der Waals surface area contributed by atoms with Crippen LogP contribution in [-0.2, 0) is 0 Å². The maximum absolute atomic E-state index is 6.00. The Labute approximate surface area is 206 Å². The van der Waals surface area contributed by atoms with Gasteiger partial charge in [0, 0.05) is 21.3 Å². The molecular weight excluding hydrogens is 466 g/mol. The van der Waals surface area contributed by atoms with Gasteiger partial charge in [0.2, 0.25) is 0 Å². The summed E-state index contributed by atoms with van der Waals surface area (Å²) in [6, 6.07) is 30.3. The number of nitrogen functional groups attached to an aromatic ring is 1. The summed E-state index contributed by atoms with van der Waals surface area (Å²) in [5.74, 6) is 2.69. The highest BCUT2D eigenvalue weighted by atomic mass is 35.5. The predicted octanol–water partition coefficient (Wildman–Crippen LogP) is 7.52. The molecule has 34 heavy (non-hydrogen) atoms. The van der Waals surface area contributed by atoms with Gasteiger partial charge < -0.3 is 20.5 Å². The molecule has 0 saturated heterocycles. The van der Waals surface area contributed by atoms with Gasteiger partial charge in [0.1, 0.15) is 11.5 Å². The summed E-state index contributed by atoms with van der Waals surface area (Å²) >= 11 is 7.44. The number of hydrogen-bond donors (Lipinski definition) is 3. The molecule has 168 valence electrons. The summed E-state index contributed by atoms with van der Waals surface area (Å²) in [6.07, 6.45) is 0. The molecular formula is C26H20ClN5OS. The van der Waals surface area contributed by atoms with Gasteiger partial charge in [-0.05, 0) is 96.9 Å². The Balaban J connectivity index is 1.36. The van der Waals surface area contributed by atoms with Gasteiger partial charge in [0.05, 0.1) is 11.0 Å². The lowest BCUT2D eigenvalue weighted by molar-refractivity contribution is 0.483. The fourth-order valence-corrected chi connectivity index (χ4v) is 3.94. The van der Waals surface area contributed by atoms with E-state index in [1.165, 1.54) is 11.9 Å². The number of fused-ring (bicyclic) bond motifs is 1. The van der Waals surface area contributed by atoms with Crippen LogP contribution in [0.2, 0.25) is 5.02 Å². The van der Waals surface area contributed by atoms with Crippen LogP contribution in [0, 0.1) is 0 Å². The fraction of sp³-hybridized carbons (Fsp3) is 0. The van der Waals surface area contributed by atoms with E-state index in [1.807, 2.05) is 84.9 Å². The number of rotatable bonds is 7. The van der Waals surface area contributed by atoms with E-state index in [1.54, 1.807) is 12.1 Å². The van der Waals surface area contributed by atoms with E-state index in [4.69, 9.17) is 32.0 Å². The third-order valence-corrected chi connectivity index (χ3v) is 5.94. The molecule has 1 heterocycles. The molecule has 5 aromatic rings. The topological polar surface area (TPSA) is 85.1 Å². The first kappa shape index (κ1) is 21.9. The van der Waals surface area contributed by atoms with Crippen molar-refractivity contribution >= 4 is 57.6 Å². The van der Waals surface area contributed by atoms with Crippen LogP contribution in [0.4, 0.5) is 23.0 Å². The number of ether oxygens (including phenoxy) is 1. The first-order chi connectivity index (χ1) is 16.6. The van der Waals surface area contributed by atoms with E-state index in [-0.39, 0.29) is 0 Å². The van der Waals surface area contributed by atoms with Crippen LogP contribution in [-0.4, -0.2) is 9.97 Å². The minimum atomic E-state index is 0.618. The maximum atomic E-state index is 6.00. The van der Waals surface area contributed by atoms with Gasteiger partial charge in [0.15, 0.2) is 11.6 Å². The summed E-state index contributed by atoms with van der Waals surface area (Å²) in [7, 11) is 0. The van der Waals surface area contributed by atoms with Crippen LogP contribution in [0.15, 0.2) is 102 Å². The standard InChI is InChI=1S/C26H20ClN5OS/c27-17-5-15-22(16-6-17)34-32-26-25(30-23-3-1-2-4-24(23)31-26)29-19-9-13-21(14-10-19)33-20-11-7-18(28)8-12-20/h1-16H,28H2,(H,29,30)(H,31,32). The zero-order valence-electron chi connectivity index (χ0n) is 17.9. The van der Waals surface area contributed by atoms with Crippen molar-refractivity contribution in [2.75, 3.05) is 15.8 Å². The molecule has 1 aromatic heterocycles. The Kier molecular flexibility index (Phi) is 6.38. The Bertz CT molecular complexity index is 1410. The highest BCUT2D eigenvalue weighted by Crippen LogP contribution is 2.30. The van der Waals surface area contributed by atoms with Crippen LogP contribution in [0.3, 0.4) is 0 Å². The molecule has 0 fully saturated rings. The fourth-order valence-electron chi connectivity index (χ4n) is 3.18. The van der Waals surface area contributed by atoms with Crippen molar-refractivity contribution in [1.29, 1.82) is 0 Å². The van der Waals surface area contributed by atoms with Crippen molar-refractivity contribution in [2.45, 2.75) is 4.90 Å². The van der Waals surface area contributed by atoms with E-state index < -0.39 is 0 Å². The number of aromatic nitrogens is 2. The van der Waals surface area contributed by atoms with Crippen molar-refractivity contribution in [3.05, 3.63) is 102 Å². The SMILES string of the molecule is Nc1ccc(Oc2ccc(Nc3nc4ccccc4nc3NSc3ccc(Cl)cc3)cc2)cc1. The molecule has 0 radical (unpaired) electrons. The van der Waals surface area contributed by atoms with E-state index in [9.17, 15) is 0 Å². The molecule has 0 atom stereocenters. The van der Waals surface area contributed by atoms with Gasteiger partial charge in [-0.15, -0.1) is 0 Å². The summed E-state index contributed by atoms with van der Waals surface area (Å²) < 4.78 is 9.19. The van der Waals surface area contributed by atoms with Gasteiger partial charge in [-0.25, -0.2) is 9.97 Å². The van der Waals surface area contributed by atoms with Crippen LogP contribution in [0.1, 0.15) is 0 Å². The van der Waals surface area contributed by atoms with Crippen molar-refractivity contribution in [1.82, 2.24) is 9.97 Å². The van der Waals surface area contributed by atoms with E-state index in [0.29, 0.717) is 22.3 Å². The number of benzene rings is 4. The van der Waals surface area contributed by atoms with Gasteiger partial charge >= 0.3 is 0 Å². The zero-order valence-corrected chi connectivity index (χ0v) is 19.5. The number of para-hydroxylation sites is 2. The molecule has 0 spiro atoms. The minimum Gasteiger partial charge on any atom is -0.457 e. The summed E-state index contributed by atoms with van der Waals surface area (Å²) in [5.41, 5.74) is 8.89. The first-order valence-electron chi connectivity index (χ1n) is 10.5. The Morgan fingerprint density at radius 2 is 1.29 bits per heavy atom. The van der Waals surface area contributed by atoms with E-state index in [2.05, 4.69) is 10.0 Å². The van der Waals surface area contributed by atoms with Gasteiger partial charge in [-0.2, -0.15) is 0 Å². The Morgan fingerprint density at radius 3 is 1.94 bits per heavy atom. The second-order valence-electron chi connectivity index (χ2n) is 7.39. The molecule has 0 aliphatic carbocycles. The normalized spacial score (nSPS) is 10.7. The number of nitrogens with one attached hydrogen (secondary N) is 2. The molecule has 4 aromatic carbocycles. The quantitative estimate of drug-likeness (QED) is 0.162. The summed E-state index contributed by atoms with van der Waals surface area (Å²) in [6.45, 7) is 0. The van der Waals surface area contributed by atoms with Crippen molar-refractivity contribution < 1.29 is 4.74 Å². The highest BCUT2D eigenvalue weighted by Gasteiger charge is 2.10. The van der Waals surface area contributed by atoms with Crippen molar-refractivity contribution in [2.24, 2.45) is 0 Å². The third kappa shape index (κ3) is 5.33. The van der Waals surface area contributed by atoms with Crippen LogP contribution in [0.5, 0.6) is 11.5 Å². The Hall–Kier alpha value is -3.94. The van der Waals surface area contributed by atoms with Gasteiger partial charge in [0.25, 0.3) is 0 Å². The van der Waals surface area contributed by atoms with Gasteiger partial charge in [-0.1, -0.05) is 23.7 Å². The first-order valence-corrected chi connectivity index (χ1v) is 11.7. The van der Waals surface area contributed by atoms with Crippen LogP contribution in [0.25, 0.3) is 11.0 Å². The van der Waals surface area contributed by atoms with Crippen molar-refractivity contribution in [3.8, 4) is 11.5 Å². The molecule has 0 saturated carbocycles. The molecule has 0 unspecified atom stereocenters. The summed E-state index contributed by atoms with van der Waals surface area (Å²) in [4.78, 5) is 10.6. The number of nitrogens with two attached hydrogens (primary N) is 1. The minimum absolute atomic E-state index is 0.618. The summed E-state index contributed by atoms with van der Waals surface area (Å²) in [5, 5.41) is 4.06. The smallest absolute Gasteiger partial charge is 0.180 e. The van der Waals surface area contributed by atoms with Crippen molar-refractivity contribution in [3.63, 3.8) is 0 Å². The molecule has 5 rings (SSSR count). The maximum Gasteiger partial charge on any atom is 0.180 e. The van der Waals surface area contributed by atoms with E-state index >= 15 is 0 Å². The molecule has 0 amide bonds. The second-order valence-corrected chi connectivity index (χ2v) is 8.70. The lowest BCUT2D eigenvalue weighted by atomic mass is 10.2. The lowest BCUT2D eigenvalue weighted by Crippen LogP contribution is -2.02. The zero-order chi connectivity index (χ0) is 23.3. The number of halogens is 1. The van der Waals surface area contributed by atoms with Crippen LogP contribution < -0.4 is 20.5 Å². The molecule has 6 nitrogen and oxygen atoms in total. The molecule has 0 bridgehead atoms. The Morgan fingerprint density at radius 1 is 0.706 bits per heavy atom. The average molecular weight is 486 g/mol. The second kappa shape index (κ2) is 9.91. The predicted molar refractivity (Wildman–Crippen MR) is 141 cm³/mol. The number of nitrogens with zero attached hydrogens (tertiary/aromatic N) is 2. The molecule has 0 aliphatic rings. The number of anilines is 4. The van der Waals surface area contributed by atoms with Gasteiger partial charge in [-0.3, -0.25) is 0 Å². The third-order valence-electron chi connectivity index (χ3n) is 4.88. The van der Waals surface area contributed by atoms with Crippen LogP contribution >= 0.6 is 23.5 Å². The lowest BCUT2D eigenvalue weighted by Gasteiger charge is -2.13. The van der Waals surface area contributed by atoms with E-state index in [0.717, 1.165) is 33.1 Å². The molecule has 0 aliphatic heterocycles. The molecule has 4 N–H and O–H groups in total. The largest absolute Gasteiger partial charge is 0.457 e. The average Bonchev–Trinajstić information content (AvgIpc) is 2.86. The number of hydrogen-bond acceptors (Lipinski definition) is 7. The molecule has 8 heteroatoms. The monoisotopic (exact) mass is 485 g/mol. The highest BCUT2D eigenvalue weighted by molar-refractivity contribution is 8.00.